The molecule has 2 rings (SSSR count). The lowest BCUT2D eigenvalue weighted by molar-refractivity contribution is 0.242. The Morgan fingerprint density at radius 2 is 1.95 bits per heavy atom. The van der Waals surface area contributed by atoms with Crippen LogP contribution in [0, 0.1) is 11.8 Å². The molecular formula is C18H28O. The fraction of sp³-hybridized carbons (Fsp3) is 0.667. The van der Waals surface area contributed by atoms with E-state index in [0.29, 0.717) is 5.92 Å². The van der Waals surface area contributed by atoms with Crippen molar-refractivity contribution in [3.63, 3.8) is 0 Å². The minimum atomic E-state index is 0.716. The topological polar surface area (TPSA) is 9.23 Å². The van der Waals surface area contributed by atoms with Crippen LogP contribution in [-0.4, -0.2) is 0 Å². The van der Waals surface area contributed by atoms with Gasteiger partial charge >= 0.3 is 0 Å². The van der Waals surface area contributed by atoms with Gasteiger partial charge in [-0.15, -0.1) is 0 Å². The fourth-order valence-electron chi connectivity index (χ4n) is 2.94. The number of hydrogen-bond acceptors (Lipinski definition) is 1. The third-order valence-corrected chi connectivity index (χ3v) is 4.36. The molecule has 0 spiro atoms. The van der Waals surface area contributed by atoms with Crippen molar-refractivity contribution in [2.24, 2.45) is 11.8 Å². The van der Waals surface area contributed by atoms with Crippen LogP contribution in [-0.2, 0) is 6.61 Å². The summed E-state index contributed by atoms with van der Waals surface area (Å²) in [5, 5.41) is 0. The van der Waals surface area contributed by atoms with Crippen LogP contribution in [0.2, 0.25) is 0 Å². The van der Waals surface area contributed by atoms with Crippen LogP contribution in [0.5, 0.6) is 5.75 Å². The van der Waals surface area contributed by atoms with Crippen LogP contribution >= 0.6 is 0 Å². The summed E-state index contributed by atoms with van der Waals surface area (Å²) >= 11 is 0. The first-order valence-electron chi connectivity index (χ1n) is 7.85. The lowest BCUT2D eigenvalue weighted by Crippen LogP contribution is -2.11. The molecule has 1 aliphatic rings. The highest BCUT2D eigenvalue weighted by Gasteiger charge is 2.19. The largest absolute Gasteiger partial charge is 0.488 e. The Kier molecular flexibility index (Phi) is 4.90. The van der Waals surface area contributed by atoms with Crippen molar-refractivity contribution in [1.82, 2.24) is 0 Å². The number of ether oxygens (including phenoxy) is 1. The molecule has 0 saturated heterocycles. The summed E-state index contributed by atoms with van der Waals surface area (Å²) in [6.07, 6.45) is 5.28. The predicted octanol–water partition coefficient (Wildman–Crippen LogP) is 5.54. The van der Waals surface area contributed by atoms with Crippen LogP contribution in [0.3, 0.4) is 0 Å². The number of hydrogen-bond donors (Lipinski definition) is 0. The molecule has 0 amide bonds. The predicted molar refractivity (Wildman–Crippen MR) is 81.7 cm³/mol. The third kappa shape index (κ3) is 3.75. The average Bonchev–Trinajstić information content (AvgIpc) is 2.35. The molecule has 1 aromatic carbocycles. The maximum atomic E-state index is 5.39. The van der Waals surface area contributed by atoms with Gasteiger partial charge in [-0.25, -0.2) is 0 Å². The van der Waals surface area contributed by atoms with E-state index in [2.05, 4.69) is 45.9 Å². The van der Waals surface area contributed by atoms with Gasteiger partial charge in [0, 0.05) is 5.56 Å². The maximum absolute atomic E-state index is 5.39. The highest BCUT2D eigenvalue weighted by atomic mass is 16.5. The molecule has 19 heavy (non-hydrogen) atoms. The van der Waals surface area contributed by atoms with E-state index in [1.165, 1.54) is 36.8 Å². The van der Waals surface area contributed by atoms with Crippen molar-refractivity contribution in [3.05, 3.63) is 29.3 Å². The molecule has 2 unspecified atom stereocenters. The molecule has 1 aliphatic heterocycles. The Hall–Kier alpha value is -0.980. The monoisotopic (exact) mass is 260 g/mol. The molecule has 0 saturated carbocycles. The molecule has 0 N–H and O–H groups in total. The van der Waals surface area contributed by atoms with Gasteiger partial charge in [0.05, 0.1) is 0 Å². The zero-order valence-corrected chi connectivity index (χ0v) is 12.9. The van der Waals surface area contributed by atoms with Crippen LogP contribution in [0.1, 0.15) is 70.4 Å². The molecule has 1 heterocycles. The number of rotatable bonds is 7. The first-order chi connectivity index (χ1) is 9.10. The molecule has 1 aromatic rings. The van der Waals surface area contributed by atoms with Gasteiger partial charge in [0.1, 0.15) is 12.4 Å². The Bertz CT molecular complexity index is 408. The average molecular weight is 260 g/mol. The first-order valence-corrected chi connectivity index (χ1v) is 7.85. The summed E-state index contributed by atoms with van der Waals surface area (Å²) in [6, 6.07) is 6.78. The Morgan fingerprint density at radius 3 is 2.47 bits per heavy atom. The summed E-state index contributed by atoms with van der Waals surface area (Å²) in [6.45, 7) is 10.2. The standard InChI is InChI=1S/C18H28O/c1-5-15(10-14(4)7-6-13(2)3)16-8-9-18-17(11-16)12-19-18/h8-9,11,13-15H,5-7,10,12H2,1-4H3. The molecule has 0 bridgehead atoms. The van der Waals surface area contributed by atoms with E-state index in [0.717, 1.165) is 24.2 Å². The summed E-state index contributed by atoms with van der Waals surface area (Å²) in [4.78, 5) is 0. The lowest BCUT2D eigenvalue weighted by Gasteiger charge is -2.25. The number of benzene rings is 1. The first kappa shape index (κ1) is 14.4. The molecule has 0 radical (unpaired) electrons. The number of fused-ring (bicyclic) bond motifs is 1. The fourth-order valence-corrected chi connectivity index (χ4v) is 2.94. The molecular weight excluding hydrogens is 232 g/mol. The Balaban J connectivity index is 1.93. The van der Waals surface area contributed by atoms with E-state index >= 15 is 0 Å². The highest BCUT2D eigenvalue weighted by Crippen LogP contribution is 2.35. The second kappa shape index (κ2) is 6.45. The van der Waals surface area contributed by atoms with E-state index in [1.54, 1.807) is 0 Å². The van der Waals surface area contributed by atoms with Gasteiger partial charge in [-0.05, 0) is 48.3 Å². The summed E-state index contributed by atoms with van der Waals surface area (Å²) in [7, 11) is 0. The lowest BCUT2D eigenvalue weighted by atomic mass is 9.84. The second-order valence-electron chi connectivity index (χ2n) is 6.57. The van der Waals surface area contributed by atoms with Crippen LogP contribution in [0.25, 0.3) is 0 Å². The zero-order chi connectivity index (χ0) is 13.8. The van der Waals surface area contributed by atoms with Gasteiger partial charge in [0.15, 0.2) is 0 Å². The van der Waals surface area contributed by atoms with E-state index in [1.807, 2.05) is 0 Å². The second-order valence-corrected chi connectivity index (χ2v) is 6.57. The minimum absolute atomic E-state index is 0.716. The minimum Gasteiger partial charge on any atom is -0.488 e. The Labute approximate surface area is 118 Å². The SMILES string of the molecule is CCC(CC(C)CCC(C)C)c1ccc2c(c1)CO2. The van der Waals surface area contributed by atoms with Crippen molar-refractivity contribution in [2.75, 3.05) is 0 Å². The van der Waals surface area contributed by atoms with Gasteiger partial charge in [-0.1, -0.05) is 46.6 Å². The summed E-state index contributed by atoms with van der Waals surface area (Å²) in [5.74, 6) is 3.46. The normalized spacial score (nSPS) is 16.5. The van der Waals surface area contributed by atoms with Crippen molar-refractivity contribution < 1.29 is 4.74 Å². The van der Waals surface area contributed by atoms with E-state index in [-0.39, 0.29) is 0 Å². The van der Waals surface area contributed by atoms with Crippen LogP contribution in [0.4, 0.5) is 0 Å². The Morgan fingerprint density at radius 1 is 1.16 bits per heavy atom. The van der Waals surface area contributed by atoms with Gasteiger partial charge in [-0.2, -0.15) is 0 Å². The molecule has 1 nitrogen and oxygen atoms in total. The van der Waals surface area contributed by atoms with Crippen molar-refractivity contribution in [3.8, 4) is 5.75 Å². The van der Waals surface area contributed by atoms with Crippen molar-refractivity contribution >= 4 is 0 Å². The molecule has 0 aliphatic carbocycles. The molecule has 106 valence electrons. The third-order valence-electron chi connectivity index (χ3n) is 4.36. The highest BCUT2D eigenvalue weighted by molar-refractivity contribution is 5.42. The quantitative estimate of drug-likeness (QED) is 0.626. The van der Waals surface area contributed by atoms with Gasteiger partial charge in [0.2, 0.25) is 0 Å². The van der Waals surface area contributed by atoms with E-state index in [4.69, 9.17) is 4.74 Å². The van der Waals surface area contributed by atoms with Gasteiger partial charge < -0.3 is 4.74 Å². The van der Waals surface area contributed by atoms with Crippen LogP contribution < -0.4 is 4.74 Å². The van der Waals surface area contributed by atoms with Crippen molar-refractivity contribution in [1.29, 1.82) is 0 Å². The maximum Gasteiger partial charge on any atom is 0.126 e. The van der Waals surface area contributed by atoms with Gasteiger partial charge in [-0.3, -0.25) is 0 Å². The van der Waals surface area contributed by atoms with Gasteiger partial charge in [0.25, 0.3) is 0 Å². The van der Waals surface area contributed by atoms with Crippen molar-refractivity contribution in [2.45, 2.75) is 65.9 Å². The zero-order valence-electron chi connectivity index (χ0n) is 12.9. The molecule has 1 heteroatoms. The van der Waals surface area contributed by atoms with Crippen LogP contribution in [0.15, 0.2) is 18.2 Å². The smallest absolute Gasteiger partial charge is 0.126 e. The van der Waals surface area contributed by atoms with E-state index in [9.17, 15) is 0 Å². The summed E-state index contributed by atoms with van der Waals surface area (Å²) < 4.78 is 5.39. The van der Waals surface area contributed by atoms with E-state index < -0.39 is 0 Å². The molecule has 0 aromatic heterocycles. The molecule has 2 atom stereocenters. The summed E-state index contributed by atoms with van der Waals surface area (Å²) in [5.41, 5.74) is 2.91. The molecule has 0 fully saturated rings.